The first kappa shape index (κ1) is 14.3. The lowest BCUT2D eigenvalue weighted by Gasteiger charge is -2.08. The van der Waals surface area contributed by atoms with Crippen LogP contribution in [0.1, 0.15) is 12.0 Å². The molecule has 1 rings (SSSR count). The molecule has 0 radical (unpaired) electrons. The molecule has 0 aliphatic rings. The highest BCUT2D eigenvalue weighted by molar-refractivity contribution is 5.91. The third-order valence-electron chi connectivity index (χ3n) is 2.40. The van der Waals surface area contributed by atoms with Crippen molar-refractivity contribution >= 4 is 12.0 Å². The zero-order chi connectivity index (χ0) is 13.4. The van der Waals surface area contributed by atoms with Crippen LogP contribution >= 0.6 is 0 Å². The van der Waals surface area contributed by atoms with Gasteiger partial charge in [0.05, 0.1) is 0 Å². The van der Waals surface area contributed by atoms with E-state index in [1.165, 1.54) is 6.08 Å². The van der Waals surface area contributed by atoms with E-state index in [2.05, 4.69) is 10.2 Å². The third-order valence-corrected chi connectivity index (χ3v) is 2.40. The summed E-state index contributed by atoms with van der Waals surface area (Å²) in [5.41, 5.74) is 0.885. The van der Waals surface area contributed by atoms with E-state index in [9.17, 15) is 4.79 Å². The van der Waals surface area contributed by atoms with Crippen LogP contribution in [0.4, 0.5) is 0 Å². The second-order valence-corrected chi connectivity index (χ2v) is 4.37. The van der Waals surface area contributed by atoms with Gasteiger partial charge in [-0.2, -0.15) is 0 Å². The fourth-order valence-corrected chi connectivity index (χ4v) is 1.42. The highest BCUT2D eigenvalue weighted by Gasteiger charge is 1.95. The second kappa shape index (κ2) is 7.50. The molecule has 0 saturated heterocycles. The summed E-state index contributed by atoms with van der Waals surface area (Å²) in [5, 5.41) is 11.9. The molecule has 0 spiro atoms. The summed E-state index contributed by atoms with van der Waals surface area (Å²) in [5.74, 6) is 0.127. The van der Waals surface area contributed by atoms with Crippen LogP contribution in [0.25, 0.3) is 6.08 Å². The first-order valence-electron chi connectivity index (χ1n) is 5.97. The third kappa shape index (κ3) is 6.06. The van der Waals surface area contributed by atoms with Crippen LogP contribution in [0.2, 0.25) is 0 Å². The van der Waals surface area contributed by atoms with Crippen molar-refractivity contribution in [2.45, 2.75) is 6.42 Å². The molecular weight excluding hydrogens is 228 g/mol. The van der Waals surface area contributed by atoms with Gasteiger partial charge in [0.1, 0.15) is 5.75 Å². The zero-order valence-electron chi connectivity index (χ0n) is 10.9. The van der Waals surface area contributed by atoms with Gasteiger partial charge < -0.3 is 15.3 Å². The van der Waals surface area contributed by atoms with Gasteiger partial charge in [-0.3, -0.25) is 4.79 Å². The van der Waals surface area contributed by atoms with Gasteiger partial charge in [-0.15, -0.1) is 0 Å². The number of benzene rings is 1. The highest BCUT2D eigenvalue weighted by atomic mass is 16.3. The maximum atomic E-state index is 11.5. The van der Waals surface area contributed by atoms with Crippen LogP contribution in [0.15, 0.2) is 30.3 Å². The predicted molar refractivity (Wildman–Crippen MR) is 73.3 cm³/mol. The van der Waals surface area contributed by atoms with E-state index >= 15 is 0 Å². The lowest BCUT2D eigenvalue weighted by molar-refractivity contribution is -0.116. The summed E-state index contributed by atoms with van der Waals surface area (Å²) >= 11 is 0. The maximum absolute atomic E-state index is 11.5. The van der Waals surface area contributed by atoms with Gasteiger partial charge in [-0.1, -0.05) is 12.1 Å². The van der Waals surface area contributed by atoms with E-state index in [0.29, 0.717) is 6.54 Å². The number of nitrogens with one attached hydrogen (secondary N) is 1. The Balaban J connectivity index is 2.29. The minimum Gasteiger partial charge on any atom is -0.508 e. The van der Waals surface area contributed by atoms with Crippen LogP contribution in [-0.4, -0.2) is 43.1 Å². The van der Waals surface area contributed by atoms with Crippen molar-refractivity contribution in [3.8, 4) is 5.75 Å². The molecule has 98 valence electrons. The molecule has 0 unspecified atom stereocenters. The van der Waals surface area contributed by atoms with Gasteiger partial charge in [-0.25, -0.2) is 0 Å². The van der Waals surface area contributed by atoms with Gasteiger partial charge in [-0.05, 0) is 50.8 Å². The van der Waals surface area contributed by atoms with E-state index in [4.69, 9.17) is 5.11 Å². The van der Waals surface area contributed by atoms with E-state index in [-0.39, 0.29) is 11.7 Å². The number of carbonyl (C=O) groups is 1. The van der Waals surface area contributed by atoms with Crippen molar-refractivity contribution in [1.82, 2.24) is 10.2 Å². The number of phenols is 1. The highest BCUT2D eigenvalue weighted by Crippen LogP contribution is 2.10. The van der Waals surface area contributed by atoms with Crippen LogP contribution < -0.4 is 5.32 Å². The van der Waals surface area contributed by atoms with Gasteiger partial charge in [0.15, 0.2) is 0 Å². The Morgan fingerprint density at radius 3 is 2.61 bits per heavy atom. The van der Waals surface area contributed by atoms with Gasteiger partial charge in [0.25, 0.3) is 0 Å². The Labute approximate surface area is 108 Å². The second-order valence-electron chi connectivity index (χ2n) is 4.37. The largest absolute Gasteiger partial charge is 0.508 e. The van der Waals surface area contributed by atoms with Crippen molar-refractivity contribution in [1.29, 1.82) is 0 Å². The molecule has 18 heavy (non-hydrogen) atoms. The maximum Gasteiger partial charge on any atom is 0.243 e. The summed E-state index contributed by atoms with van der Waals surface area (Å²) in [6, 6.07) is 6.69. The molecule has 1 amide bonds. The molecule has 4 nitrogen and oxygen atoms in total. The van der Waals surface area contributed by atoms with Crippen molar-refractivity contribution < 1.29 is 9.90 Å². The number of hydrogen-bond donors (Lipinski definition) is 2. The number of nitrogens with zero attached hydrogens (tertiary/aromatic N) is 1. The standard InChI is InChI=1S/C14H20N2O2/c1-16(2)11-3-10-15-14(18)9-6-12-4-7-13(17)8-5-12/h4-9,17H,3,10-11H2,1-2H3,(H,15,18)/b9-6+. The molecule has 1 aromatic carbocycles. The Morgan fingerprint density at radius 1 is 1.33 bits per heavy atom. The van der Waals surface area contributed by atoms with Crippen molar-refractivity contribution in [3.63, 3.8) is 0 Å². The number of rotatable bonds is 6. The van der Waals surface area contributed by atoms with E-state index < -0.39 is 0 Å². The fourth-order valence-electron chi connectivity index (χ4n) is 1.42. The van der Waals surface area contributed by atoms with Crippen molar-refractivity contribution in [2.24, 2.45) is 0 Å². The number of hydrogen-bond acceptors (Lipinski definition) is 3. The molecule has 0 saturated carbocycles. The van der Waals surface area contributed by atoms with Crippen LogP contribution in [0, 0.1) is 0 Å². The molecule has 0 heterocycles. The average molecular weight is 248 g/mol. The van der Waals surface area contributed by atoms with E-state index in [1.54, 1.807) is 30.3 Å². The van der Waals surface area contributed by atoms with Gasteiger partial charge in [0.2, 0.25) is 5.91 Å². The van der Waals surface area contributed by atoms with E-state index in [0.717, 1.165) is 18.5 Å². The van der Waals surface area contributed by atoms with E-state index in [1.807, 2.05) is 14.1 Å². The molecule has 0 aliphatic heterocycles. The molecule has 0 bridgehead atoms. The van der Waals surface area contributed by atoms with Gasteiger partial charge in [0, 0.05) is 12.6 Å². The Hall–Kier alpha value is -1.81. The molecule has 0 atom stereocenters. The molecule has 4 heteroatoms. The number of carbonyl (C=O) groups excluding carboxylic acids is 1. The minimum absolute atomic E-state index is 0.0955. The first-order valence-corrected chi connectivity index (χ1v) is 5.97. The molecule has 0 fully saturated rings. The molecule has 0 aliphatic carbocycles. The normalized spacial score (nSPS) is 11.1. The quantitative estimate of drug-likeness (QED) is 0.592. The van der Waals surface area contributed by atoms with Gasteiger partial charge >= 0.3 is 0 Å². The molecule has 2 N–H and O–H groups in total. The summed E-state index contributed by atoms with van der Waals surface area (Å²) in [7, 11) is 4.01. The lowest BCUT2D eigenvalue weighted by Crippen LogP contribution is -2.25. The number of aromatic hydroxyl groups is 1. The average Bonchev–Trinajstić information content (AvgIpc) is 2.34. The Kier molecular flexibility index (Phi) is 5.94. The van der Waals surface area contributed by atoms with Crippen molar-refractivity contribution in [2.75, 3.05) is 27.2 Å². The number of phenolic OH excluding ortho intramolecular Hbond substituents is 1. The predicted octanol–water partition coefficient (Wildman–Crippen LogP) is 1.47. The first-order chi connectivity index (χ1) is 8.58. The summed E-state index contributed by atoms with van der Waals surface area (Å²) in [4.78, 5) is 13.5. The van der Waals surface area contributed by atoms with Crippen LogP contribution in [0.5, 0.6) is 5.75 Å². The smallest absolute Gasteiger partial charge is 0.243 e. The zero-order valence-corrected chi connectivity index (χ0v) is 10.9. The summed E-state index contributed by atoms with van der Waals surface area (Å²) in [6.07, 6.45) is 4.16. The summed E-state index contributed by atoms with van der Waals surface area (Å²) < 4.78 is 0. The summed E-state index contributed by atoms with van der Waals surface area (Å²) in [6.45, 7) is 1.64. The molecular formula is C14H20N2O2. The molecule has 0 aromatic heterocycles. The van der Waals surface area contributed by atoms with Crippen molar-refractivity contribution in [3.05, 3.63) is 35.9 Å². The Bertz CT molecular complexity index is 397. The fraction of sp³-hybridized carbons (Fsp3) is 0.357. The van der Waals surface area contributed by atoms with Crippen LogP contribution in [0.3, 0.4) is 0 Å². The van der Waals surface area contributed by atoms with Crippen LogP contribution in [-0.2, 0) is 4.79 Å². The SMILES string of the molecule is CN(C)CCCNC(=O)/C=C/c1ccc(O)cc1. The Morgan fingerprint density at radius 2 is 2.00 bits per heavy atom. The minimum atomic E-state index is -0.0955. The topological polar surface area (TPSA) is 52.6 Å². The number of amides is 1. The lowest BCUT2D eigenvalue weighted by atomic mass is 10.2. The monoisotopic (exact) mass is 248 g/mol. The molecule has 1 aromatic rings.